The van der Waals surface area contributed by atoms with Gasteiger partial charge >= 0.3 is 29.8 Å². The average Bonchev–Trinajstić information content (AvgIpc) is 3.36. The van der Waals surface area contributed by atoms with Gasteiger partial charge in [0.2, 0.25) is 0 Å². The van der Waals surface area contributed by atoms with Gasteiger partial charge in [-0.2, -0.15) is 0 Å². The summed E-state index contributed by atoms with van der Waals surface area (Å²) in [6, 6.07) is 0. The molecule has 0 spiro atoms. The summed E-state index contributed by atoms with van der Waals surface area (Å²) in [6.45, 7) is 3.48. The lowest BCUT2D eigenvalue weighted by molar-refractivity contribution is -0.169. The van der Waals surface area contributed by atoms with Gasteiger partial charge in [-0.25, -0.2) is 0 Å². The van der Waals surface area contributed by atoms with E-state index in [2.05, 4.69) is 0 Å². The van der Waals surface area contributed by atoms with Crippen molar-refractivity contribution >= 4 is 29.8 Å². The summed E-state index contributed by atoms with van der Waals surface area (Å²) in [5.41, 5.74) is -1.77. The van der Waals surface area contributed by atoms with Crippen molar-refractivity contribution in [2.45, 2.75) is 245 Å². The van der Waals surface area contributed by atoms with E-state index in [0.717, 1.165) is 64.2 Å². The Morgan fingerprint density at radius 1 is 0.397 bits per heavy atom. The van der Waals surface area contributed by atoms with Crippen molar-refractivity contribution in [3.8, 4) is 0 Å². The summed E-state index contributed by atoms with van der Waals surface area (Å²) in [7, 11) is 0. The smallest absolute Gasteiger partial charge is 0.305 e. The fourth-order valence-electron chi connectivity index (χ4n) is 10.6. The lowest BCUT2D eigenvalue weighted by Gasteiger charge is -2.30. The lowest BCUT2D eigenvalue weighted by atomic mass is 9.86. The lowest BCUT2D eigenvalue weighted by Crippen LogP contribution is -2.37. The second kappa shape index (κ2) is 33.0. The summed E-state index contributed by atoms with van der Waals surface area (Å²) in [4.78, 5) is 64.1. The molecule has 0 aromatic carbocycles. The largest absolute Gasteiger partial charge is 0.465 e. The van der Waals surface area contributed by atoms with Gasteiger partial charge in [0.25, 0.3) is 0 Å². The maximum absolute atomic E-state index is 12.9. The Hall–Kier alpha value is -2.77. The third kappa shape index (κ3) is 25.9. The first kappa shape index (κ1) is 57.8. The van der Waals surface area contributed by atoms with E-state index in [4.69, 9.17) is 28.4 Å². The van der Waals surface area contributed by atoms with Crippen LogP contribution in [-0.2, 0) is 52.4 Å². The molecule has 0 aliphatic heterocycles. The van der Waals surface area contributed by atoms with E-state index >= 15 is 0 Å². The number of esters is 5. The van der Waals surface area contributed by atoms with Crippen LogP contribution in [0.1, 0.15) is 232 Å². The predicted molar refractivity (Wildman–Crippen MR) is 260 cm³/mol. The number of aliphatic hydroxyl groups excluding tert-OH is 2. The van der Waals surface area contributed by atoms with Crippen molar-refractivity contribution in [3.05, 3.63) is 0 Å². The number of hydrogen-bond donors (Lipinski definition) is 2. The molecule has 0 radical (unpaired) electrons. The van der Waals surface area contributed by atoms with Gasteiger partial charge in [-0.15, -0.1) is 0 Å². The van der Waals surface area contributed by atoms with Gasteiger partial charge in [0.05, 0.1) is 23.5 Å². The van der Waals surface area contributed by atoms with Crippen molar-refractivity contribution in [2.24, 2.45) is 34.5 Å². The minimum absolute atomic E-state index is 0.00110. The molecule has 68 heavy (non-hydrogen) atoms. The molecule has 0 bridgehead atoms. The zero-order valence-electron chi connectivity index (χ0n) is 42.6. The quantitative estimate of drug-likeness (QED) is 0.0360. The fourth-order valence-corrected chi connectivity index (χ4v) is 10.6. The third-order valence-electron chi connectivity index (χ3n) is 15.4. The minimum Gasteiger partial charge on any atom is -0.465 e. The number of aliphatic hydroxyl groups is 2. The molecule has 4 aliphatic rings. The van der Waals surface area contributed by atoms with Crippen LogP contribution in [0.5, 0.6) is 0 Å². The summed E-state index contributed by atoms with van der Waals surface area (Å²) in [6.07, 6.45) is 28.8. The zero-order valence-corrected chi connectivity index (χ0v) is 42.6. The highest BCUT2D eigenvalue weighted by Crippen LogP contribution is 2.32. The molecule has 4 fully saturated rings. The molecule has 0 aromatic heterocycles. The van der Waals surface area contributed by atoms with Crippen LogP contribution < -0.4 is 0 Å². The SMILES string of the molecule is CC(COC(=O)CCCC(O)CCCC(=O)OCC(C)(COC(=O)CCC1CCCCC1)COC(O)CCC1CCCCC1)(COC(=O)CCC1CCCCC1)COC(=O)CCC1CCCCC1. The van der Waals surface area contributed by atoms with E-state index in [9.17, 15) is 34.2 Å². The molecular formula is C55H94O13. The van der Waals surface area contributed by atoms with Crippen LogP contribution in [-0.4, -0.2) is 92.1 Å². The molecular weight excluding hydrogens is 869 g/mol. The molecule has 0 saturated heterocycles. The van der Waals surface area contributed by atoms with Crippen LogP contribution in [0, 0.1) is 34.5 Å². The van der Waals surface area contributed by atoms with Crippen molar-refractivity contribution in [2.75, 3.05) is 39.6 Å². The van der Waals surface area contributed by atoms with Crippen LogP contribution >= 0.6 is 0 Å². The number of carbonyl (C=O) groups is 5. The second-order valence-corrected chi connectivity index (χ2v) is 22.3. The number of rotatable bonds is 33. The van der Waals surface area contributed by atoms with Gasteiger partial charge in [0.1, 0.15) is 33.0 Å². The van der Waals surface area contributed by atoms with Crippen LogP contribution in [0.2, 0.25) is 0 Å². The van der Waals surface area contributed by atoms with Gasteiger partial charge in [0, 0.05) is 32.1 Å². The van der Waals surface area contributed by atoms with Gasteiger partial charge in [0.15, 0.2) is 6.29 Å². The van der Waals surface area contributed by atoms with E-state index < -0.39 is 35.2 Å². The number of ether oxygens (including phenoxy) is 6. The van der Waals surface area contributed by atoms with Crippen LogP contribution in [0.4, 0.5) is 0 Å². The molecule has 0 amide bonds. The summed E-state index contributed by atoms with van der Waals surface area (Å²) >= 11 is 0. The molecule has 13 heteroatoms. The summed E-state index contributed by atoms with van der Waals surface area (Å²) in [5.74, 6) is 0.497. The van der Waals surface area contributed by atoms with Crippen molar-refractivity contribution in [1.82, 2.24) is 0 Å². The second-order valence-electron chi connectivity index (χ2n) is 22.3. The predicted octanol–water partition coefficient (Wildman–Crippen LogP) is 11.2. The van der Waals surface area contributed by atoms with E-state index in [0.29, 0.717) is 75.0 Å². The molecule has 4 aliphatic carbocycles. The minimum atomic E-state index is -0.953. The highest BCUT2D eigenvalue weighted by molar-refractivity contribution is 5.71. The van der Waals surface area contributed by atoms with Gasteiger partial charge in [-0.1, -0.05) is 135 Å². The van der Waals surface area contributed by atoms with Crippen LogP contribution in [0.15, 0.2) is 0 Å². The molecule has 4 saturated carbocycles. The van der Waals surface area contributed by atoms with E-state index in [1.807, 2.05) is 6.92 Å². The third-order valence-corrected chi connectivity index (χ3v) is 15.4. The van der Waals surface area contributed by atoms with E-state index in [-0.39, 0.29) is 70.4 Å². The maximum Gasteiger partial charge on any atom is 0.305 e. The van der Waals surface area contributed by atoms with Crippen molar-refractivity contribution in [1.29, 1.82) is 0 Å². The number of carbonyl (C=O) groups excluding carboxylic acids is 5. The van der Waals surface area contributed by atoms with E-state index in [1.165, 1.54) is 89.9 Å². The first-order chi connectivity index (χ1) is 32.8. The van der Waals surface area contributed by atoms with Crippen LogP contribution in [0.25, 0.3) is 0 Å². The standard InChI is InChI=1S/C55H94O13/c1-54(39-65-50(59)33-29-43-17-7-3-8-18-43,40-66-51(60)34-30-44-19-9-4-10-20-44)37-63-48(57)27-15-25-47(56)26-16-28-49(58)64-38-55(2,41-67-52(61)35-31-45-21-11-5-12-22-45)42-68-53(62)36-32-46-23-13-6-14-24-46/h43-47,50,56,59H,3-42H2,1-2H3. The van der Waals surface area contributed by atoms with Crippen molar-refractivity contribution < 1.29 is 62.6 Å². The first-order valence-corrected chi connectivity index (χ1v) is 27.5. The molecule has 3 atom stereocenters. The Labute approximate surface area is 410 Å². The van der Waals surface area contributed by atoms with Crippen molar-refractivity contribution in [3.63, 3.8) is 0 Å². The molecule has 0 aromatic rings. The van der Waals surface area contributed by atoms with Gasteiger partial charge < -0.3 is 38.6 Å². The molecule has 3 unspecified atom stereocenters. The topological polar surface area (TPSA) is 181 Å². The molecule has 4 rings (SSSR count). The Morgan fingerprint density at radius 2 is 0.676 bits per heavy atom. The molecule has 0 heterocycles. The monoisotopic (exact) mass is 963 g/mol. The summed E-state index contributed by atoms with van der Waals surface area (Å²) < 4.78 is 34.3. The Morgan fingerprint density at radius 3 is 1.00 bits per heavy atom. The van der Waals surface area contributed by atoms with Gasteiger partial charge in [-0.05, 0) is 88.4 Å². The normalized spacial score (nSPS) is 19.9. The fraction of sp³-hybridized carbons (Fsp3) is 0.909. The first-order valence-electron chi connectivity index (χ1n) is 27.5. The number of hydrogen-bond acceptors (Lipinski definition) is 13. The van der Waals surface area contributed by atoms with E-state index in [1.54, 1.807) is 6.92 Å². The molecule has 2 N–H and O–H groups in total. The Kier molecular flexibility index (Phi) is 28.0. The zero-order chi connectivity index (χ0) is 48.9. The average molecular weight is 963 g/mol. The highest BCUT2D eigenvalue weighted by atomic mass is 16.6. The Balaban J connectivity index is 1.14. The van der Waals surface area contributed by atoms with Crippen LogP contribution in [0.3, 0.4) is 0 Å². The Bertz CT molecular complexity index is 1390. The summed E-state index contributed by atoms with van der Waals surface area (Å²) in [5, 5.41) is 21.4. The maximum atomic E-state index is 12.9. The molecule has 392 valence electrons. The van der Waals surface area contributed by atoms with Gasteiger partial charge in [-0.3, -0.25) is 24.0 Å². The molecule has 13 nitrogen and oxygen atoms in total. The highest BCUT2D eigenvalue weighted by Gasteiger charge is 2.33.